The van der Waals surface area contributed by atoms with Crippen LogP contribution in [0, 0.1) is 23.3 Å². The molecular weight excluding hydrogens is 294 g/mol. The minimum atomic E-state index is -1.23. The van der Waals surface area contributed by atoms with Crippen molar-refractivity contribution in [1.82, 2.24) is 5.32 Å². The van der Waals surface area contributed by atoms with Crippen molar-refractivity contribution in [3.8, 4) is 0 Å². The Bertz CT molecular complexity index is 631. The van der Waals surface area contributed by atoms with Crippen LogP contribution in [0.5, 0.6) is 0 Å². The van der Waals surface area contributed by atoms with Gasteiger partial charge in [-0.1, -0.05) is 17.7 Å². The van der Waals surface area contributed by atoms with E-state index in [4.69, 9.17) is 11.6 Å². The van der Waals surface area contributed by atoms with Crippen molar-refractivity contribution in [2.75, 3.05) is 0 Å². The Kier molecular flexibility index (Phi) is 4.62. The molecule has 0 atom stereocenters. The van der Waals surface area contributed by atoms with Gasteiger partial charge < -0.3 is 5.32 Å². The first-order chi connectivity index (χ1) is 9.47. The number of rotatable bonds is 4. The lowest BCUT2D eigenvalue weighted by atomic mass is 10.2. The number of benzene rings is 2. The number of hydrogen-bond acceptors (Lipinski definition) is 1. The Hall–Kier alpha value is -1.59. The molecule has 1 nitrogen and oxygen atoms in total. The van der Waals surface area contributed by atoms with E-state index in [0.29, 0.717) is 18.2 Å². The smallest absolute Gasteiger partial charge is 0.161 e. The molecule has 0 aliphatic carbocycles. The molecule has 0 heterocycles. The van der Waals surface area contributed by atoms with Crippen LogP contribution in [0.15, 0.2) is 30.3 Å². The van der Waals surface area contributed by atoms with Gasteiger partial charge in [-0.05, 0) is 23.8 Å². The minimum absolute atomic E-state index is 0.0108. The maximum absolute atomic E-state index is 13.4. The zero-order valence-electron chi connectivity index (χ0n) is 10.2. The van der Waals surface area contributed by atoms with Gasteiger partial charge in [-0.2, -0.15) is 0 Å². The Balaban J connectivity index is 1.99. The molecule has 2 aromatic carbocycles. The molecule has 0 bridgehead atoms. The van der Waals surface area contributed by atoms with Gasteiger partial charge in [0, 0.05) is 24.7 Å². The third-order valence-corrected chi connectivity index (χ3v) is 3.01. The van der Waals surface area contributed by atoms with Gasteiger partial charge in [-0.3, -0.25) is 0 Å². The number of hydrogen-bond donors (Lipinski definition) is 1. The fraction of sp³-hybridized carbons (Fsp3) is 0.143. The van der Waals surface area contributed by atoms with Crippen LogP contribution in [0.25, 0.3) is 0 Å². The first kappa shape index (κ1) is 14.8. The lowest BCUT2D eigenvalue weighted by Crippen LogP contribution is -2.14. The van der Waals surface area contributed by atoms with Crippen molar-refractivity contribution in [2.45, 2.75) is 13.1 Å². The van der Waals surface area contributed by atoms with Crippen molar-refractivity contribution in [3.63, 3.8) is 0 Å². The van der Waals surface area contributed by atoms with Crippen molar-refractivity contribution in [3.05, 3.63) is 69.8 Å². The van der Waals surface area contributed by atoms with E-state index >= 15 is 0 Å². The first-order valence-electron chi connectivity index (χ1n) is 5.75. The minimum Gasteiger partial charge on any atom is -0.309 e. The summed E-state index contributed by atoms with van der Waals surface area (Å²) >= 11 is 5.62. The Morgan fingerprint density at radius 3 is 2.20 bits per heavy atom. The van der Waals surface area contributed by atoms with E-state index in [9.17, 15) is 17.6 Å². The molecule has 2 rings (SSSR count). The van der Waals surface area contributed by atoms with Gasteiger partial charge in [0.2, 0.25) is 0 Å². The number of halogens is 5. The highest BCUT2D eigenvalue weighted by atomic mass is 35.5. The molecule has 0 aliphatic heterocycles. The highest BCUT2D eigenvalue weighted by Crippen LogP contribution is 2.17. The van der Waals surface area contributed by atoms with Gasteiger partial charge in [0.15, 0.2) is 11.6 Å². The van der Waals surface area contributed by atoms with Crippen LogP contribution in [0.4, 0.5) is 17.6 Å². The van der Waals surface area contributed by atoms with Crippen LogP contribution in [-0.2, 0) is 13.1 Å². The van der Waals surface area contributed by atoms with Crippen molar-refractivity contribution < 1.29 is 17.6 Å². The van der Waals surface area contributed by atoms with E-state index < -0.39 is 23.3 Å². The summed E-state index contributed by atoms with van der Waals surface area (Å²) in [6, 6.07) is 5.48. The quantitative estimate of drug-likeness (QED) is 0.660. The Labute approximate surface area is 118 Å². The van der Waals surface area contributed by atoms with Gasteiger partial charge >= 0.3 is 0 Å². The second kappa shape index (κ2) is 6.24. The van der Waals surface area contributed by atoms with Gasteiger partial charge in [0.1, 0.15) is 11.6 Å². The second-order valence-electron chi connectivity index (χ2n) is 4.21. The topological polar surface area (TPSA) is 12.0 Å². The highest BCUT2D eigenvalue weighted by Gasteiger charge is 2.09. The summed E-state index contributed by atoms with van der Waals surface area (Å²) in [6.07, 6.45) is 0. The molecule has 0 saturated carbocycles. The molecule has 0 saturated heterocycles. The lowest BCUT2D eigenvalue weighted by molar-refractivity contribution is 0.487. The molecule has 0 unspecified atom stereocenters. The molecule has 1 N–H and O–H groups in total. The molecule has 20 heavy (non-hydrogen) atoms. The Morgan fingerprint density at radius 2 is 1.50 bits per heavy atom. The zero-order valence-corrected chi connectivity index (χ0v) is 10.9. The SMILES string of the molecule is Fc1cc(F)c(CNCc2ccc(F)c(Cl)c2)cc1F. The predicted octanol–water partition coefficient (Wildman–Crippen LogP) is 4.19. The third-order valence-electron chi connectivity index (χ3n) is 2.72. The van der Waals surface area contributed by atoms with Crippen LogP contribution >= 0.6 is 11.6 Å². The van der Waals surface area contributed by atoms with Crippen LogP contribution < -0.4 is 5.32 Å². The first-order valence-corrected chi connectivity index (χ1v) is 6.13. The molecule has 106 valence electrons. The van der Waals surface area contributed by atoms with E-state index in [1.807, 2.05) is 0 Å². The van der Waals surface area contributed by atoms with Crippen LogP contribution in [-0.4, -0.2) is 0 Å². The average molecular weight is 304 g/mol. The van der Waals surface area contributed by atoms with E-state index in [1.54, 1.807) is 0 Å². The fourth-order valence-electron chi connectivity index (χ4n) is 1.69. The van der Waals surface area contributed by atoms with Gasteiger partial charge in [0.25, 0.3) is 0 Å². The monoisotopic (exact) mass is 303 g/mol. The van der Waals surface area contributed by atoms with Gasteiger partial charge in [-0.15, -0.1) is 0 Å². The molecule has 0 aliphatic rings. The summed E-state index contributed by atoms with van der Waals surface area (Å²) in [7, 11) is 0. The summed E-state index contributed by atoms with van der Waals surface area (Å²) in [4.78, 5) is 0. The summed E-state index contributed by atoms with van der Waals surface area (Å²) in [6.45, 7) is 0.302. The normalized spacial score (nSPS) is 10.8. The highest BCUT2D eigenvalue weighted by molar-refractivity contribution is 6.30. The summed E-state index contributed by atoms with van der Waals surface area (Å²) in [5, 5.41) is 2.83. The summed E-state index contributed by atoms with van der Waals surface area (Å²) in [5.74, 6) is -3.68. The largest absolute Gasteiger partial charge is 0.309 e. The predicted molar refractivity (Wildman–Crippen MR) is 68.3 cm³/mol. The van der Waals surface area contributed by atoms with Crippen LogP contribution in [0.3, 0.4) is 0 Å². The molecule has 0 aromatic heterocycles. The Morgan fingerprint density at radius 1 is 0.800 bits per heavy atom. The second-order valence-corrected chi connectivity index (χ2v) is 4.62. The maximum Gasteiger partial charge on any atom is 0.161 e. The molecule has 2 aromatic rings. The maximum atomic E-state index is 13.4. The molecule has 0 amide bonds. The van der Waals surface area contributed by atoms with Crippen molar-refractivity contribution in [2.24, 2.45) is 0 Å². The summed E-state index contributed by atoms with van der Waals surface area (Å²) < 4.78 is 52.0. The molecule has 0 radical (unpaired) electrons. The van der Waals surface area contributed by atoms with Crippen LogP contribution in [0.1, 0.15) is 11.1 Å². The third kappa shape index (κ3) is 3.49. The van der Waals surface area contributed by atoms with Crippen LogP contribution in [0.2, 0.25) is 5.02 Å². The zero-order chi connectivity index (χ0) is 14.7. The molecular formula is C14H10ClF4N. The van der Waals surface area contributed by atoms with E-state index in [2.05, 4.69) is 5.32 Å². The van der Waals surface area contributed by atoms with Crippen molar-refractivity contribution >= 4 is 11.6 Å². The van der Waals surface area contributed by atoms with E-state index in [0.717, 1.165) is 6.07 Å². The van der Waals surface area contributed by atoms with E-state index in [1.165, 1.54) is 18.2 Å². The fourth-order valence-corrected chi connectivity index (χ4v) is 1.89. The van der Waals surface area contributed by atoms with E-state index in [-0.39, 0.29) is 17.1 Å². The molecule has 0 spiro atoms. The lowest BCUT2D eigenvalue weighted by Gasteiger charge is -2.07. The van der Waals surface area contributed by atoms with Gasteiger partial charge in [0.05, 0.1) is 5.02 Å². The standard InChI is InChI=1S/C14H10ClF4N/c15-10-3-8(1-2-11(10)16)6-20-7-9-4-13(18)14(19)5-12(9)17/h1-5,20H,6-7H2. The average Bonchev–Trinajstić information content (AvgIpc) is 2.39. The molecule has 0 fully saturated rings. The molecule has 6 heteroatoms. The van der Waals surface area contributed by atoms with Gasteiger partial charge in [-0.25, -0.2) is 17.6 Å². The summed E-state index contributed by atoms with van der Waals surface area (Å²) in [5.41, 5.74) is 0.705. The van der Waals surface area contributed by atoms with Crippen molar-refractivity contribution in [1.29, 1.82) is 0 Å². The number of nitrogens with one attached hydrogen (secondary N) is 1.